The highest BCUT2D eigenvalue weighted by molar-refractivity contribution is 7.89. The molecule has 5 heteroatoms. The minimum absolute atomic E-state index is 0.204. The molecule has 1 aromatic rings. The first-order valence-corrected chi connectivity index (χ1v) is 8.63. The first-order chi connectivity index (χ1) is 9.98. The lowest BCUT2D eigenvalue weighted by Crippen LogP contribution is -2.32. The summed E-state index contributed by atoms with van der Waals surface area (Å²) in [5.41, 5.74) is 1.55. The second kappa shape index (κ2) is 6.61. The zero-order valence-corrected chi connectivity index (χ0v) is 13.3. The van der Waals surface area contributed by atoms with Gasteiger partial charge in [-0.1, -0.05) is 18.8 Å². The van der Waals surface area contributed by atoms with Gasteiger partial charge in [0, 0.05) is 18.7 Å². The molecule has 1 aliphatic rings. The summed E-state index contributed by atoms with van der Waals surface area (Å²) in [7, 11) is -3.43. The quantitative estimate of drug-likeness (QED) is 0.843. The van der Waals surface area contributed by atoms with E-state index < -0.39 is 10.0 Å². The van der Waals surface area contributed by atoms with Crippen LogP contribution in [0.3, 0.4) is 0 Å². The monoisotopic (exact) mass is 307 g/mol. The molecule has 1 aliphatic carbocycles. The van der Waals surface area contributed by atoms with E-state index in [0.717, 1.165) is 24.0 Å². The van der Waals surface area contributed by atoms with Crippen molar-refractivity contribution in [2.45, 2.75) is 31.6 Å². The maximum Gasteiger partial charge on any atom is 0.243 e. The third-order valence-electron chi connectivity index (χ3n) is 3.65. The Morgan fingerprint density at radius 2 is 2.10 bits per heavy atom. The molecule has 0 heterocycles. The van der Waals surface area contributed by atoms with Gasteiger partial charge >= 0.3 is 0 Å². The van der Waals surface area contributed by atoms with Crippen LogP contribution in [0.4, 0.5) is 0 Å². The number of nitrogens with zero attached hydrogens (tertiary/aromatic N) is 1. The molecule has 4 nitrogen and oxygen atoms in total. The number of sulfonamides is 1. The van der Waals surface area contributed by atoms with Crippen molar-refractivity contribution in [3.05, 3.63) is 29.3 Å². The van der Waals surface area contributed by atoms with Crippen molar-refractivity contribution in [1.82, 2.24) is 4.31 Å². The Morgan fingerprint density at radius 3 is 2.62 bits per heavy atom. The summed E-state index contributed by atoms with van der Waals surface area (Å²) in [5.74, 6) is 5.92. The van der Waals surface area contributed by atoms with Gasteiger partial charge < -0.3 is 5.11 Å². The van der Waals surface area contributed by atoms with Crippen molar-refractivity contribution in [2.24, 2.45) is 5.92 Å². The van der Waals surface area contributed by atoms with E-state index in [1.165, 1.54) is 0 Å². The Labute approximate surface area is 126 Å². The normalized spacial score (nSPS) is 14.9. The fraction of sp³-hybridized carbons (Fsp3) is 0.500. The molecular formula is C16H21NO3S. The lowest BCUT2D eigenvalue weighted by Gasteiger charge is -2.20. The summed E-state index contributed by atoms with van der Waals surface area (Å²) in [4.78, 5) is 0.317. The Hall–Kier alpha value is -1.35. The Kier molecular flexibility index (Phi) is 5.04. The van der Waals surface area contributed by atoms with E-state index in [4.69, 9.17) is 5.11 Å². The van der Waals surface area contributed by atoms with Crippen molar-refractivity contribution in [3.63, 3.8) is 0 Å². The van der Waals surface area contributed by atoms with Gasteiger partial charge in [-0.3, -0.25) is 0 Å². The molecule has 0 amide bonds. The first kappa shape index (κ1) is 16.0. The summed E-state index contributed by atoms with van der Waals surface area (Å²) in [6.07, 6.45) is 2.25. The summed E-state index contributed by atoms with van der Waals surface area (Å²) in [6, 6.07) is 4.96. The van der Waals surface area contributed by atoms with E-state index in [-0.39, 0.29) is 6.61 Å². The molecule has 1 aromatic carbocycles. The van der Waals surface area contributed by atoms with E-state index >= 15 is 0 Å². The minimum atomic E-state index is -3.43. The van der Waals surface area contributed by atoms with E-state index in [1.54, 1.807) is 22.5 Å². The number of aliphatic hydroxyl groups is 1. The highest BCUT2D eigenvalue weighted by atomic mass is 32.2. The highest BCUT2D eigenvalue weighted by Gasteiger charge is 2.30. The molecule has 1 fully saturated rings. The van der Waals surface area contributed by atoms with E-state index in [1.807, 2.05) is 13.8 Å². The van der Waals surface area contributed by atoms with Gasteiger partial charge in [-0.05, 0) is 49.4 Å². The SMILES string of the molecule is CCN(CC1CC1)S(=O)(=O)c1ccc(C#CCO)c(C)c1. The first-order valence-electron chi connectivity index (χ1n) is 7.19. The van der Waals surface area contributed by atoms with Crippen LogP contribution in [0.1, 0.15) is 30.9 Å². The number of hydrogen-bond acceptors (Lipinski definition) is 3. The topological polar surface area (TPSA) is 57.6 Å². The Morgan fingerprint density at radius 1 is 1.38 bits per heavy atom. The summed E-state index contributed by atoms with van der Waals surface area (Å²) in [5, 5.41) is 8.72. The summed E-state index contributed by atoms with van der Waals surface area (Å²) >= 11 is 0. The van der Waals surface area contributed by atoms with Crippen LogP contribution in [0.5, 0.6) is 0 Å². The third-order valence-corrected chi connectivity index (χ3v) is 5.59. The van der Waals surface area contributed by atoms with Crippen LogP contribution in [0.25, 0.3) is 0 Å². The molecule has 1 saturated carbocycles. The van der Waals surface area contributed by atoms with Crippen LogP contribution < -0.4 is 0 Å². The molecule has 0 saturated heterocycles. The molecule has 1 N–H and O–H groups in total. The van der Waals surface area contributed by atoms with Crippen molar-refractivity contribution in [3.8, 4) is 11.8 Å². The number of aryl methyl sites for hydroxylation is 1. The average molecular weight is 307 g/mol. The molecule has 21 heavy (non-hydrogen) atoms. The van der Waals surface area contributed by atoms with Crippen molar-refractivity contribution >= 4 is 10.0 Å². The Bertz CT molecular complexity index is 666. The molecule has 0 atom stereocenters. The molecule has 0 aliphatic heterocycles. The largest absolute Gasteiger partial charge is 0.384 e. The smallest absolute Gasteiger partial charge is 0.243 e. The molecule has 0 bridgehead atoms. The van der Waals surface area contributed by atoms with Crippen molar-refractivity contribution in [2.75, 3.05) is 19.7 Å². The van der Waals surface area contributed by atoms with Crippen molar-refractivity contribution in [1.29, 1.82) is 0 Å². The van der Waals surface area contributed by atoms with Crippen LogP contribution in [0.15, 0.2) is 23.1 Å². The van der Waals surface area contributed by atoms with Crippen LogP contribution in [0.2, 0.25) is 0 Å². The van der Waals surface area contributed by atoms with Gasteiger partial charge in [0.2, 0.25) is 10.0 Å². The van der Waals surface area contributed by atoms with Gasteiger partial charge in [0.25, 0.3) is 0 Å². The van der Waals surface area contributed by atoms with E-state index in [2.05, 4.69) is 11.8 Å². The van der Waals surface area contributed by atoms with Gasteiger partial charge in [0.15, 0.2) is 0 Å². The molecule has 0 aromatic heterocycles. The zero-order chi connectivity index (χ0) is 15.5. The van der Waals surface area contributed by atoms with Crippen LogP contribution in [-0.2, 0) is 10.0 Å². The van der Waals surface area contributed by atoms with Gasteiger partial charge in [-0.25, -0.2) is 8.42 Å². The highest BCUT2D eigenvalue weighted by Crippen LogP contribution is 2.31. The summed E-state index contributed by atoms with van der Waals surface area (Å²) < 4.78 is 26.9. The number of hydrogen-bond donors (Lipinski definition) is 1. The van der Waals surface area contributed by atoms with Crippen molar-refractivity contribution < 1.29 is 13.5 Å². The lowest BCUT2D eigenvalue weighted by molar-refractivity contribution is 0.350. The molecule has 0 spiro atoms. The molecule has 2 rings (SSSR count). The number of rotatable bonds is 5. The fourth-order valence-corrected chi connectivity index (χ4v) is 3.82. The maximum atomic E-state index is 12.7. The van der Waals surface area contributed by atoms with Crippen LogP contribution in [0, 0.1) is 24.7 Å². The van der Waals surface area contributed by atoms with Gasteiger partial charge in [-0.2, -0.15) is 4.31 Å². The second-order valence-corrected chi connectivity index (χ2v) is 7.27. The number of benzene rings is 1. The maximum absolute atomic E-state index is 12.7. The lowest BCUT2D eigenvalue weighted by atomic mass is 10.1. The van der Waals surface area contributed by atoms with E-state index in [9.17, 15) is 8.42 Å². The Balaban J connectivity index is 2.28. The molecular weight excluding hydrogens is 286 g/mol. The van der Waals surface area contributed by atoms with Crippen LogP contribution in [-0.4, -0.2) is 37.5 Å². The molecule has 0 unspecified atom stereocenters. The zero-order valence-electron chi connectivity index (χ0n) is 12.5. The second-order valence-electron chi connectivity index (χ2n) is 5.34. The van der Waals surface area contributed by atoms with Crippen LogP contribution >= 0.6 is 0 Å². The minimum Gasteiger partial charge on any atom is -0.384 e. The predicted molar refractivity (Wildman–Crippen MR) is 82.3 cm³/mol. The van der Waals surface area contributed by atoms with Gasteiger partial charge in [0.05, 0.1) is 4.90 Å². The standard InChI is InChI=1S/C16H21NO3S/c1-3-17(12-14-6-7-14)21(19,20)16-9-8-15(5-4-10-18)13(2)11-16/h8-9,11,14,18H,3,6-7,10,12H2,1-2H3. The average Bonchev–Trinajstić information content (AvgIpc) is 3.27. The van der Waals surface area contributed by atoms with Gasteiger partial charge in [0.1, 0.15) is 6.61 Å². The van der Waals surface area contributed by atoms with E-state index in [0.29, 0.717) is 23.9 Å². The fourth-order valence-electron chi connectivity index (χ4n) is 2.21. The number of aliphatic hydroxyl groups excluding tert-OH is 1. The summed E-state index contributed by atoms with van der Waals surface area (Å²) in [6.45, 7) is 4.60. The van der Waals surface area contributed by atoms with Gasteiger partial charge in [-0.15, -0.1) is 0 Å². The predicted octanol–water partition coefficient (Wildman–Crippen LogP) is 1.76. The molecule has 114 valence electrons. The molecule has 0 radical (unpaired) electrons. The third kappa shape index (κ3) is 3.85.